The number of hydrogen-bond donors (Lipinski definition) is 3. The van der Waals surface area contributed by atoms with Crippen molar-refractivity contribution in [3.63, 3.8) is 0 Å². The second-order valence-corrected chi connectivity index (χ2v) is 6.34. The second kappa shape index (κ2) is 7.61. The molecule has 0 saturated heterocycles. The fraction of sp³-hybridized carbons (Fsp3) is 0.500. The van der Waals surface area contributed by atoms with Crippen molar-refractivity contribution in [1.29, 1.82) is 0 Å². The number of nitrogens with two attached hydrogens (primary N) is 2. The molecule has 1 saturated carbocycles. The summed E-state index contributed by atoms with van der Waals surface area (Å²) in [5.41, 5.74) is 12.1. The average molecular weight is 324 g/mol. The summed E-state index contributed by atoms with van der Waals surface area (Å²) in [7, 11) is 0. The van der Waals surface area contributed by atoms with E-state index in [0.717, 1.165) is 24.8 Å². The van der Waals surface area contributed by atoms with Crippen molar-refractivity contribution in [2.75, 3.05) is 0 Å². The molecule has 0 aliphatic heterocycles. The van der Waals surface area contributed by atoms with Gasteiger partial charge in [0.05, 0.1) is 12.5 Å². The number of primary amides is 1. The molecule has 2 rings (SSSR count). The van der Waals surface area contributed by atoms with Crippen LogP contribution in [0.4, 0.5) is 0 Å². The van der Waals surface area contributed by atoms with Crippen LogP contribution < -0.4 is 16.8 Å². The maximum Gasteiger partial charge on any atom is 0.220 e. The number of halogens is 1. The van der Waals surface area contributed by atoms with Crippen LogP contribution in [0.5, 0.6) is 0 Å². The molecule has 1 aromatic rings. The number of benzene rings is 1. The van der Waals surface area contributed by atoms with Crippen LogP contribution in [-0.4, -0.2) is 17.9 Å². The summed E-state index contributed by atoms with van der Waals surface area (Å²) in [5, 5.41) is 3.44. The first-order valence-corrected chi connectivity index (χ1v) is 7.92. The summed E-state index contributed by atoms with van der Waals surface area (Å²) in [6.07, 6.45) is 3.45. The highest BCUT2D eigenvalue weighted by Crippen LogP contribution is 2.27. The molecule has 0 unspecified atom stereocenters. The van der Waals surface area contributed by atoms with Crippen LogP contribution in [0.3, 0.4) is 0 Å². The molecule has 22 heavy (non-hydrogen) atoms. The van der Waals surface area contributed by atoms with Gasteiger partial charge in [0, 0.05) is 17.5 Å². The van der Waals surface area contributed by atoms with Crippen molar-refractivity contribution in [3.8, 4) is 0 Å². The topological polar surface area (TPSA) is 98.2 Å². The molecular weight excluding hydrogens is 302 g/mol. The van der Waals surface area contributed by atoms with Gasteiger partial charge < -0.3 is 16.8 Å². The van der Waals surface area contributed by atoms with E-state index in [2.05, 4.69) is 5.32 Å². The zero-order chi connectivity index (χ0) is 16.1. The van der Waals surface area contributed by atoms with Gasteiger partial charge in [-0.05, 0) is 36.5 Å². The third-order valence-corrected chi connectivity index (χ3v) is 4.39. The van der Waals surface area contributed by atoms with E-state index in [0.29, 0.717) is 11.4 Å². The van der Waals surface area contributed by atoms with Crippen molar-refractivity contribution in [2.24, 2.45) is 17.4 Å². The standard InChI is InChI=1S/C16H22ClN3O2/c17-12-5-1-4-11(7-12)14(9-15(19)21)20-16(22)8-10-3-2-6-13(10)18/h1,4-5,7,10,13-14H,2-3,6,8-9,18H2,(H2,19,21)(H,20,22)/t10-,13+,14+/m0/s1. The second-order valence-electron chi connectivity index (χ2n) is 5.90. The summed E-state index contributed by atoms with van der Waals surface area (Å²) < 4.78 is 0. The van der Waals surface area contributed by atoms with Gasteiger partial charge in [0.15, 0.2) is 0 Å². The molecule has 0 spiro atoms. The van der Waals surface area contributed by atoms with E-state index in [-0.39, 0.29) is 24.3 Å². The molecule has 5 nitrogen and oxygen atoms in total. The first-order chi connectivity index (χ1) is 10.5. The first-order valence-electron chi connectivity index (χ1n) is 7.54. The Morgan fingerprint density at radius 2 is 2.14 bits per heavy atom. The minimum absolute atomic E-state index is 0.0444. The monoisotopic (exact) mass is 323 g/mol. The van der Waals surface area contributed by atoms with Crippen molar-refractivity contribution < 1.29 is 9.59 Å². The van der Waals surface area contributed by atoms with E-state index < -0.39 is 11.9 Å². The van der Waals surface area contributed by atoms with Gasteiger partial charge in [0.2, 0.25) is 11.8 Å². The highest BCUT2D eigenvalue weighted by molar-refractivity contribution is 6.30. The lowest BCUT2D eigenvalue weighted by Gasteiger charge is -2.20. The first kappa shape index (κ1) is 16.8. The van der Waals surface area contributed by atoms with Crippen LogP contribution in [0.2, 0.25) is 5.02 Å². The number of amides is 2. The third kappa shape index (κ3) is 4.71. The van der Waals surface area contributed by atoms with Crippen molar-refractivity contribution >= 4 is 23.4 Å². The molecule has 1 aliphatic carbocycles. The zero-order valence-corrected chi connectivity index (χ0v) is 13.2. The number of hydrogen-bond acceptors (Lipinski definition) is 3. The number of nitrogens with one attached hydrogen (secondary N) is 1. The Bertz CT molecular complexity index is 550. The Morgan fingerprint density at radius 1 is 1.36 bits per heavy atom. The molecule has 2 amide bonds. The smallest absolute Gasteiger partial charge is 0.220 e. The summed E-state index contributed by atoms with van der Waals surface area (Å²) in [6.45, 7) is 0. The van der Waals surface area contributed by atoms with Crippen LogP contribution in [0, 0.1) is 5.92 Å². The summed E-state index contributed by atoms with van der Waals surface area (Å²) >= 11 is 5.97. The molecule has 6 heteroatoms. The van der Waals surface area contributed by atoms with Crippen molar-refractivity contribution in [1.82, 2.24) is 5.32 Å². The normalized spacial score (nSPS) is 22.3. The molecule has 0 bridgehead atoms. The predicted molar refractivity (Wildman–Crippen MR) is 86.1 cm³/mol. The van der Waals surface area contributed by atoms with Crippen molar-refractivity contribution in [3.05, 3.63) is 34.9 Å². The highest BCUT2D eigenvalue weighted by atomic mass is 35.5. The fourth-order valence-corrected chi connectivity index (χ4v) is 3.19. The molecule has 1 aliphatic rings. The SMILES string of the molecule is NC(=O)C[C@@H](NC(=O)C[C@@H]1CCC[C@H]1N)c1cccc(Cl)c1. The Balaban J connectivity index is 2.03. The Hall–Kier alpha value is -1.59. The summed E-state index contributed by atoms with van der Waals surface area (Å²) in [6, 6.07) is 6.71. The minimum atomic E-state index is -0.470. The maximum atomic E-state index is 12.2. The van der Waals surface area contributed by atoms with Crippen LogP contribution in [0.1, 0.15) is 43.7 Å². The summed E-state index contributed by atoms with van der Waals surface area (Å²) in [4.78, 5) is 23.5. The Kier molecular flexibility index (Phi) is 5.80. The van der Waals surface area contributed by atoms with E-state index in [9.17, 15) is 9.59 Å². The maximum absolute atomic E-state index is 12.2. The van der Waals surface area contributed by atoms with Crippen LogP contribution >= 0.6 is 11.6 Å². The van der Waals surface area contributed by atoms with Crippen LogP contribution in [0.15, 0.2) is 24.3 Å². The number of carbonyl (C=O) groups is 2. The van der Waals surface area contributed by atoms with Gasteiger partial charge >= 0.3 is 0 Å². The fourth-order valence-electron chi connectivity index (χ4n) is 2.99. The van der Waals surface area contributed by atoms with Gasteiger partial charge in [-0.2, -0.15) is 0 Å². The molecule has 0 heterocycles. The molecule has 3 atom stereocenters. The van der Waals surface area contributed by atoms with Gasteiger partial charge in [0.25, 0.3) is 0 Å². The largest absolute Gasteiger partial charge is 0.370 e. The lowest BCUT2D eigenvalue weighted by molar-refractivity contribution is -0.123. The molecular formula is C16H22ClN3O2. The Labute approximate surface area is 135 Å². The molecule has 5 N–H and O–H groups in total. The summed E-state index contributed by atoms with van der Waals surface area (Å²) in [5.74, 6) is -0.356. The molecule has 1 fully saturated rings. The lowest BCUT2D eigenvalue weighted by Crippen LogP contribution is -2.35. The van der Waals surface area contributed by atoms with Gasteiger partial charge in [0.1, 0.15) is 0 Å². The van der Waals surface area contributed by atoms with Gasteiger partial charge in [-0.3, -0.25) is 9.59 Å². The Morgan fingerprint density at radius 3 is 2.73 bits per heavy atom. The van der Waals surface area contributed by atoms with E-state index >= 15 is 0 Å². The highest BCUT2D eigenvalue weighted by Gasteiger charge is 2.27. The quantitative estimate of drug-likeness (QED) is 0.745. The van der Waals surface area contributed by atoms with E-state index in [1.807, 2.05) is 6.07 Å². The van der Waals surface area contributed by atoms with E-state index in [4.69, 9.17) is 23.1 Å². The van der Waals surface area contributed by atoms with Gasteiger partial charge in [-0.25, -0.2) is 0 Å². The minimum Gasteiger partial charge on any atom is -0.370 e. The van der Waals surface area contributed by atoms with Crippen molar-refractivity contribution in [2.45, 2.75) is 44.2 Å². The molecule has 0 aromatic heterocycles. The molecule has 1 aromatic carbocycles. The molecule has 0 radical (unpaired) electrons. The number of rotatable bonds is 6. The molecule has 120 valence electrons. The third-order valence-electron chi connectivity index (χ3n) is 4.16. The van der Waals surface area contributed by atoms with E-state index in [1.165, 1.54) is 0 Å². The van der Waals surface area contributed by atoms with Crippen LogP contribution in [0.25, 0.3) is 0 Å². The van der Waals surface area contributed by atoms with Gasteiger partial charge in [-0.15, -0.1) is 0 Å². The average Bonchev–Trinajstić information content (AvgIpc) is 2.83. The lowest BCUT2D eigenvalue weighted by atomic mass is 9.98. The predicted octanol–water partition coefficient (Wildman–Crippen LogP) is 1.89. The zero-order valence-electron chi connectivity index (χ0n) is 12.4. The van der Waals surface area contributed by atoms with Gasteiger partial charge in [-0.1, -0.05) is 30.2 Å². The van der Waals surface area contributed by atoms with Crippen LogP contribution in [-0.2, 0) is 9.59 Å². The number of carbonyl (C=O) groups excluding carboxylic acids is 2. The van der Waals surface area contributed by atoms with E-state index in [1.54, 1.807) is 18.2 Å².